The number of likely N-dealkylation sites (tertiary alicyclic amines) is 1. The van der Waals surface area contributed by atoms with E-state index in [4.69, 9.17) is 10.2 Å². The van der Waals surface area contributed by atoms with Gasteiger partial charge in [0, 0.05) is 44.7 Å². The molecule has 9 heteroatoms. The van der Waals surface area contributed by atoms with Gasteiger partial charge in [0.25, 0.3) is 5.91 Å². The number of primary amides is 1. The van der Waals surface area contributed by atoms with Crippen LogP contribution >= 0.6 is 24.0 Å². The van der Waals surface area contributed by atoms with Crippen LogP contribution < -0.4 is 16.4 Å². The normalized spacial score (nSPS) is 17.0. The van der Waals surface area contributed by atoms with E-state index in [1.807, 2.05) is 13.8 Å². The number of aliphatic imine (C=N–C) groups is 1. The van der Waals surface area contributed by atoms with Gasteiger partial charge in [-0.2, -0.15) is 0 Å². The molecule has 8 nitrogen and oxygen atoms in total. The maximum absolute atomic E-state index is 12.0. The van der Waals surface area contributed by atoms with E-state index < -0.39 is 0 Å². The van der Waals surface area contributed by atoms with E-state index in [9.17, 15) is 9.59 Å². The number of piperidine rings is 1. The molecule has 1 aromatic rings. The van der Waals surface area contributed by atoms with Crippen LogP contribution in [0.4, 0.5) is 0 Å². The van der Waals surface area contributed by atoms with Gasteiger partial charge in [0.15, 0.2) is 11.7 Å². The first-order chi connectivity index (χ1) is 13.0. The van der Waals surface area contributed by atoms with E-state index in [1.54, 1.807) is 6.07 Å². The number of nitrogens with one attached hydrogen (secondary N) is 2. The number of nitrogens with two attached hydrogens (primary N) is 1. The Kier molecular flexibility index (Phi) is 10.9. The van der Waals surface area contributed by atoms with Crippen LogP contribution in [0.1, 0.15) is 48.7 Å². The van der Waals surface area contributed by atoms with Crippen molar-refractivity contribution in [1.82, 2.24) is 15.5 Å². The minimum atomic E-state index is -0.244. The number of amides is 2. The largest absolute Gasteiger partial charge is 0.459 e. The van der Waals surface area contributed by atoms with Crippen LogP contribution in [0.3, 0.4) is 0 Å². The minimum absolute atomic E-state index is 0. The number of carbonyl (C=O) groups excluding carboxylic acids is 2. The molecule has 0 aromatic carbocycles. The van der Waals surface area contributed by atoms with Crippen LogP contribution in [0, 0.1) is 12.8 Å². The Hall–Kier alpha value is -1.78. The predicted octanol–water partition coefficient (Wildman–Crippen LogP) is 1.88. The van der Waals surface area contributed by atoms with Gasteiger partial charge in [-0.1, -0.05) is 0 Å². The second-order valence-corrected chi connectivity index (χ2v) is 6.90. The van der Waals surface area contributed by atoms with E-state index in [0.29, 0.717) is 25.3 Å². The Labute approximate surface area is 183 Å². The molecule has 1 aromatic heterocycles. The molecule has 0 radical (unpaired) electrons. The SMILES string of the molecule is CCNC(=NCCCNC(=O)c1occc1C)N1CCCC(CC(N)=O)C1.I. The Morgan fingerprint density at radius 3 is 2.82 bits per heavy atom. The predicted molar refractivity (Wildman–Crippen MR) is 120 cm³/mol. The van der Waals surface area contributed by atoms with E-state index in [1.165, 1.54) is 6.26 Å². The molecule has 2 rings (SSSR count). The first-order valence-corrected chi connectivity index (χ1v) is 9.65. The summed E-state index contributed by atoms with van der Waals surface area (Å²) in [6.45, 7) is 7.52. The number of furan rings is 1. The van der Waals surface area contributed by atoms with Crippen molar-refractivity contribution in [3.63, 3.8) is 0 Å². The maximum atomic E-state index is 12.0. The van der Waals surface area contributed by atoms with Gasteiger partial charge in [-0.05, 0) is 45.1 Å². The topological polar surface area (TPSA) is 113 Å². The van der Waals surface area contributed by atoms with E-state index in [-0.39, 0.29) is 41.7 Å². The summed E-state index contributed by atoms with van der Waals surface area (Å²) in [5.41, 5.74) is 6.17. The number of aryl methyl sites for hydroxylation is 1. The summed E-state index contributed by atoms with van der Waals surface area (Å²) in [7, 11) is 0. The Morgan fingerprint density at radius 1 is 1.39 bits per heavy atom. The van der Waals surface area contributed by atoms with Gasteiger partial charge in [-0.3, -0.25) is 14.6 Å². The second kappa shape index (κ2) is 12.6. The quantitative estimate of drug-likeness (QED) is 0.216. The van der Waals surface area contributed by atoms with E-state index in [0.717, 1.165) is 50.4 Å². The third-order valence-corrected chi connectivity index (χ3v) is 4.59. The fraction of sp³-hybridized carbons (Fsp3) is 0.632. The number of rotatable bonds is 8. The summed E-state index contributed by atoms with van der Waals surface area (Å²) in [4.78, 5) is 30.1. The molecule has 28 heavy (non-hydrogen) atoms. The molecule has 1 fully saturated rings. The first-order valence-electron chi connectivity index (χ1n) is 9.65. The summed E-state index contributed by atoms with van der Waals surface area (Å²) >= 11 is 0. The van der Waals surface area contributed by atoms with Crippen molar-refractivity contribution in [3.05, 3.63) is 23.7 Å². The van der Waals surface area contributed by atoms with Crippen molar-refractivity contribution in [2.45, 2.75) is 39.5 Å². The van der Waals surface area contributed by atoms with Gasteiger partial charge in [-0.25, -0.2) is 0 Å². The van der Waals surface area contributed by atoms with Crippen molar-refractivity contribution in [2.75, 3.05) is 32.7 Å². The Balaban J connectivity index is 0.00000392. The summed E-state index contributed by atoms with van der Waals surface area (Å²) in [6.07, 6.45) is 4.73. The molecule has 1 saturated heterocycles. The summed E-state index contributed by atoms with van der Waals surface area (Å²) in [6, 6.07) is 1.77. The lowest BCUT2D eigenvalue weighted by Gasteiger charge is -2.34. The molecule has 0 aliphatic carbocycles. The zero-order valence-corrected chi connectivity index (χ0v) is 19.0. The molecule has 0 spiro atoms. The highest BCUT2D eigenvalue weighted by Gasteiger charge is 2.23. The van der Waals surface area contributed by atoms with Gasteiger partial charge in [0.05, 0.1) is 6.26 Å². The third kappa shape index (κ3) is 7.69. The zero-order valence-electron chi connectivity index (χ0n) is 16.7. The fourth-order valence-corrected chi connectivity index (χ4v) is 3.29. The van der Waals surface area contributed by atoms with Crippen molar-refractivity contribution < 1.29 is 14.0 Å². The lowest BCUT2D eigenvalue weighted by atomic mass is 9.95. The molecule has 1 aliphatic rings. The van der Waals surface area contributed by atoms with Gasteiger partial charge in [-0.15, -0.1) is 24.0 Å². The highest BCUT2D eigenvalue weighted by molar-refractivity contribution is 14.0. The summed E-state index contributed by atoms with van der Waals surface area (Å²) < 4.78 is 5.18. The van der Waals surface area contributed by atoms with E-state index >= 15 is 0 Å². The Bertz CT molecular complexity index is 662. The minimum Gasteiger partial charge on any atom is -0.459 e. The smallest absolute Gasteiger partial charge is 0.287 e. The number of guanidine groups is 1. The molecular weight excluding hydrogens is 473 g/mol. The lowest BCUT2D eigenvalue weighted by Crippen LogP contribution is -2.47. The van der Waals surface area contributed by atoms with Crippen LogP contribution in [0.5, 0.6) is 0 Å². The summed E-state index contributed by atoms with van der Waals surface area (Å²) in [5, 5.41) is 6.17. The van der Waals surface area contributed by atoms with Crippen molar-refractivity contribution in [3.8, 4) is 0 Å². The Morgan fingerprint density at radius 2 is 2.18 bits per heavy atom. The molecule has 158 valence electrons. The van der Waals surface area contributed by atoms with Gasteiger partial charge in [0.2, 0.25) is 5.91 Å². The molecule has 1 aliphatic heterocycles. The molecule has 4 N–H and O–H groups in total. The third-order valence-electron chi connectivity index (χ3n) is 4.59. The number of hydrogen-bond acceptors (Lipinski definition) is 4. The molecule has 0 bridgehead atoms. The van der Waals surface area contributed by atoms with Crippen molar-refractivity contribution >= 4 is 41.8 Å². The summed E-state index contributed by atoms with van der Waals surface area (Å²) in [5.74, 6) is 1.07. The van der Waals surface area contributed by atoms with Gasteiger partial charge < -0.3 is 25.7 Å². The fourth-order valence-electron chi connectivity index (χ4n) is 3.29. The van der Waals surface area contributed by atoms with Crippen LogP contribution in [-0.4, -0.2) is 55.4 Å². The standard InChI is InChI=1S/C19H31N5O3.HI/c1-3-21-19(24-10-4-6-15(13-24)12-16(20)25)23-9-5-8-22-18(26)17-14(2)7-11-27-17;/h7,11,15H,3-6,8-10,12-13H2,1-2H3,(H2,20,25)(H,21,23)(H,22,26);1H. The average molecular weight is 505 g/mol. The lowest BCUT2D eigenvalue weighted by molar-refractivity contribution is -0.119. The van der Waals surface area contributed by atoms with Crippen molar-refractivity contribution in [2.24, 2.45) is 16.6 Å². The molecule has 1 atom stereocenters. The number of hydrogen-bond donors (Lipinski definition) is 3. The van der Waals surface area contributed by atoms with Crippen molar-refractivity contribution in [1.29, 1.82) is 0 Å². The number of nitrogens with zero attached hydrogens (tertiary/aromatic N) is 2. The first kappa shape index (κ1) is 24.3. The van der Waals surface area contributed by atoms with E-state index in [2.05, 4.69) is 20.5 Å². The number of carbonyl (C=O) groups is 2. The monoisotopic (exact) mass is 505 g/mol. The zero-order chi connectivity index (χ0) is 19.6. The highest BCUT2D eigenvalue weighted by atomic mass is 127. The molecule has 1 unspecified atom stereocenters. The van der Waals surface area contributed by atoms with Crippen LogP contribution in [-0.2, 0) is 4.79 Å². The molecule has 2 amide bonds. The molecular formula is C19H32IN5O3. The van der Waals surface area contributed by atoms with Crippen LogP contribution in [0.25, 0.3) is 0 Å². The van der Waals surface area contributed by atoms with Crippen LogP contribution in [0.2, 0.25) is 0 Å². The maximum Gasteiger partial charge on any atom is 0.287 e. The molecule has 2 heterocycles. The highest BCUT2D eigenvalue weighted by Crippen LogP contribution is 2.19. The van der Waals surface area contributed by atoms with Gasteiger partial charge in [0.1, 0.15) is 0 Å². The van der Waals surface area contributed by atoms with Crippen LogP contribution in [0.15, 0.2) is 21.7 Å². The van der Waals surface area contributed by atoms with Gasteiger partial charge >= 0.3 is 0 Å². The average Bonchev–Trinajstić information content (AvgIpc) is 3.06. The number of halogens is 1. The molecule has 0 saturated carbocycles. The second-order valence-electron chi connectivity index (χ2n) is 6.90.